The number of hydrogen-bond donors (Lipinski definition) is 1. The van der Waals surface area contributed by atoms with Crippen molar-refractivity contribution in [3.63, 3.8) is 0 Å². The molecule has 5 nitrogen and oxygen atoms in total. The van der Waals surface area contributed by atoms with Gasteiger partial charge in [0.2, 0.25) is 5.91 Å². The lowest BCUT2D eigenvalue weighted by Crippen LogP contribution is -2.32. The molecule has 0 radical (unpaired) electrons. The minimum atomic E-state index is -0.434. The number of ketones is 2. The van der Waals surface area contributed by atoms with Gasteiger partial charge in [-0.3, -0.25) is 14.4 Å². The second-order valence-corrected chi connectivity index (χ2v) is 8.63. The van der Waals surface area contributed by atoms with Crippen molar-refractivity contribution in [1.29, 1.82) is 0 Å². The molecule has 2 N–H and O–H groups in total. The van der Waals surface area contributed by atoms with E-state index in [1.54, 1.807) is 36.4 Å². The van der Waals surface area contributed by atoms with Crippen LogP contribution in [0.3, 0.4) is 0 Å². The van der Waals surface area contributed by atoms with Crippen molar-refractivity contribution in [2.45, 2.75) is 37.5 Å². The number of benzene rings is 2. The summed E-state index contributed by atoms with van der Waals surface area (Å²) < 4.78 is 0. The van der Waals surface area contributed by atoms with Gasteiger partial charge in [0.1, 0.15) is 0 Å². The maximum atomic E-state index is 12.8. The number of rotatable bonds is 2. The Morgan fingerprint density at radius 2 is 1.61 bits per heavy atom. The summed E-state index contributed by atoms with van der Waals surface area (Å²) >= 11 is 0. The van der Waals surface area contributed by atoms with Crippen LogP contribution in [-0.2, 0) is 5.41 Å². The number of primary amides is 1. The minimum Gasteiger partial charge on any atom is -0.366 e. The van der Waals surface area contributed by atoms with Gasteiger partial charge >= 0.3 is 0 Å². The number of likely N-dealkylation sites (N-methyl/N-ethyl adjacent to an activating group) is 1. The van der Waals surface area contributed by atoms with Gasteiger partial charge < -0.3 is 10.6 Å². The van der Waals surface area contributed by atoms with Gasteiger partial charge in [-0.1, -0.05) is 43.5 Å². The predicted octanol–water partition coefficient (Wildman–Crippen LogP) is 4.33. The smallest absolute Gasteiger partial charge is 0.248 e. The largest absolute Gasteiger partial charge is 0.366 e. The molecule has 1 amide bonds. The van der Waals surface area contributed by atoms with E-state index in [9.17, 15) is 14.4 Å². The fourth-order valence-corrected chi connectivity index (χ4v) is 5.49. The minimum absolute atomic E-state index is 0.210. The summed E-state index contributed by atoms with van der Waals surface area (Å²) in [5.41, 5.74) is 10.2. The SMILES string of the molecule is CN1/C(=C/C=C2C(=O)c3ccccc3C2=O)C2(CCCCC2)c2cc(C(N)=O)ccc21. The summed E-state index contributed by atoms with van der Waals surface area (Å²) in [4.78, 5) is 39.6. The molecule has 156 valence electrons. The van der Waals surface area contributed by atoms with Gasteiger partial charge in [-0.05, 0) is 48.8 Å². The summed E-state index contributed by atoms with van der Waals surface area (Å²) in [7, 11) is 2.00. The van der Waals surface area contributed by atoms with Gasteiger partial charge in [0, 0.05) is 40.5 Å². The average molecular weight is 412 g/mol. The van der Waals surface area contributed by atoms with E-state index in [0.717, 1.165) is 42.6 Å². The molecule has 1 fully saturated rings. The third kappa shape index (κ3) is 2.80. The molecule has 3 aliphatic rings. The standard InChI is InChI=1S/C26H24N2O3/c1-28-21-11-9-16(25(27)31)15-20(21)26(13-5-2-6-14-26)22(28)12-10-19-23(29)17-7-3-4-8-18(17)24(19)30/h3-4,7-12,15H,2,5-6,13-14H2,1H3,(H2,27,31)/b22-12+. The Labute approximate surface area is 181 Å². The van der Waals surface area contributed by atoms with Crippen LogP contribution in [0.25, 0.3) is 0 Å². The summed E-state index contributed by atoms with van der Waals surface area (Å²) in [6.45, 7) is 0. The highest BCUT2D eigenvalue weighted by Gasteiger charge is 2.46. The first-order chi connectivity index (χ1) is 14.9. The van der Waals surface area contributed by atoms with Crippen LogP contribution in [0.4, 0.5) is 5.69 Å². The van der Waals surface area contributed by atoms with Gasteiger partial charge in [0.05, 0.1) is 5.57 Å². The molecule has 2 aromatic rings. The van der Waals surface area contributed by atoms with E-state index in [2.05, 4.69) is 4.90 Å². The lowest BCUT2D eigenvalue weighted by atomic mass is 9.68. The third-order valence-corrected chi connectivity index (χ3v) is 7.03. The number of fused-ring (bicyclic) bond motifs is 3. The van der Waals surface area contributed by atoms with Crippen LogP contribution in [0, 0.1) is 0 Å². The van der Waals surface area contributed by atoms with Crippen LogP contribution in [0.1, 0.15) is 68.7 Å². The number of nitrogens with two attached hydrogens (primary N) is 1. The zero-order chi connectivity index (χ0) is 21.8. The van der Waals surface area contributed by atoms with Gasteiger partial charge in [0.25, 0.3) is 0 Å². The monoisotopic (exact) mass is 412 g/mol. The van der Waals surface area contributed by atoms with E-state index in [1.807, 2.05) is 25.3 Å². The van der Waals surface area contributed by atoms with Crippen LogP contribution in [-0.4, -0.2) is 24.5 Å². The van der Waals surface area contributed by atoms with Crippen molar-refractivity contribution < 1.29 is 14.4 Å². The molecule has 5 heteroatoms. The maximum absolute atomic E-state index is 12.8. The Morgan fingerprint density at radius 3 is 2.23 bits per heavy atom. The van der Waals surface area contributed by atoms with E-state index >= 15 is 0 Å². The van der Waals surface area contributed by atoms with Crippen molar-refractivity contribution in [1.82, 2.24) is 0 Å². The lowest BCUT2D eigenvalue weighted by Gasteiger charge is -2.36. The molecule has 5 rings (SSSR count). The van der Waals surface area contributed by atoms with E-state index in [-0.39, 0.29) is 22.6 Å². The van der Waals surface area contributed by atoms with Crippen LogP contribution < -0.4 is 10.6 Å². The normalized spacial score (nSPS) is 20.4. The van der Waals surface area contributed by atoms with E-state index in [1.165, 1.54) is 6.42 Å². The number of nitrogens with zero attached hydrogens (tertiary/aromatic N) is 1. The highest BCUT2D eigenvalue weighted by molar-refractivity contribution is 6.39. The summed E-state index contributed by atoms with van der Waals surface area (Å²) in [5, 5.41) is 0. The fraction of sp³-hybridized carbons (Fsp3) is 0.269. The number of anilines is 1. The number of allylic oxidation sites excluding steroid dienone is 4. The van der Waals surface area contributed by atoms with Crippen LogP contribution in [0.5, 0.6) is 0 Å². The van der Waals surface area contributed by atoms with Crippen LogP contribution >= 0.6 is 0 Å². The van der Waals surface area contributed by atoms with Crippen molar-refractivity contribution in [2.75, 3.05) is 11.9 Å². The quantitative estimate of drug-likeness (QED) is 0.588. The molecule has 0 bridgehead atoms. The van der Waals surface area contributed by atoms with Crippen molar-refractivity contribution >= 4 is 23.2 Å². The molecule has 1 aliphatic heterocycles. The van der Waals surface area contributed by atoms with Gasteiger partial charge in [-0.25, -0.2) is 0 Å². The maximum Gasteiger partial charge on any atom is 0.248 e. The molecule has 2 aromatic carbocycles. The summed E-state index contributed by atoms with van der Waals surface area (Å²) in [5.74, 6) is -0.871. The van der Waals surface area contributed by atoms with E-state index < -0.39 is 5.91 Å². The van der Waals surface area contributed by atoms with Crippen molar-refractivity contribution in [3.05, 3.63) is 88.1 Å². The highest BCUT2D eigenvalue weighted by atomic mass is 16.2. The molecule has 1 heterocycles. The Kier molecular flexibility index (Phi) is 4.43. The molecule has 1 spiro atoms. The molecule has 0 atom stereocenters. The Hall–Kier alpha value is -3.47. The molecule has 31 heavy (non-hydrogen) atoms. The van der Waals surface area contributed by atoms with Crippen molar-refractivity contribution in [2.24, 2.45) is 5.73 Å². The van der Waals surface area contributed by atoms with Crippen molar-refractivity contribution in [3.8, 4) is 0 Å². The fourth-order valence-electron chi connectivity index (χ4n) is 5.49. The molecular weight excluding hydrogens is 388 g/mol. The second kappa shape index (κ2) is 7.05. The topological polar surface area (TPSA) is 80.5 Å². The third-order valence-electron chi connectivity index (χ3n) is 7.03. The highest BCUT2D eigenvalue weighted by Crippen LogP contribution is 2.55. The van der Waals surface area contributed by atoms with Crippen LogP contribution in [0.15, 0.2) is 65.9 Å². The predicted molar refractivity (Wildman–Crippen MR) is 119 cm³/mol. The molecule has 2 aliphatic carbocycles. The van der Waals surface area contributed by atoms with Gasteiger partial charge in [0.15, 0.2) is 11.6 Å². The zero-order valence-corrected chi connectivity index (χ0v) is 17.5. The summed E-state index contributed by atoms with van der Waals surface area (Å²) in [6, 6.07) is 12.6. The first kappa shape index (κ1) is 19.5. The molecule has 0 saturated heterocycles. The Balaban J connectivity index is 1.62. The average Bonchev–Trinajstić information content (AvgIpc) is 3.16. The van der Waals surface area contributed by atoms with Crippen LogP contribution in [0.2, 0.25) is 0 Å². The zero-order valence-electron chi connectivity index (χ0n) is 17.5. The second-order valence-electron chi connectivity index (χ2n) is 8.63. The molecule has 0 unspecified atom stereocenters. The lowest BCUT2D eigenvalue weighted by molar-refractivity contribution is 0.0981. The number of carbonyl (C=O) groups excluding carboxylic acids is 3. The molecule has 0 aromatic heterocycles. The molecule has 1 saturated carbocycles. The van der Waals surface area contributed by atoms with Gasteiger partial charge in [-0.15, -0.1) is 0 Å². The van der Waals surface area contributed by atoms with E-state index in [0.29, 0.717) is 16.7 Å². The van der Waals surface area contributed by atoms with E-state index in [4.69, 9.17) is 5.73 Å². The van der Waals surface area contributed by atoms with Gasteiger partial charge in [-0.2, -0.15) is 0 Å². The Morgan fingerprint density at radius 1 is 0.968 bits per heavy atom. The first-order valence-corrected chi connectivity index (χ1v) is 10.7. The number of Topliss-reactive ketones (excluding diaryl/α,β-unsaturated/α-hetero) is 2. The number of amides is 1. The number of carbonyl (C=O) groups is 3. The summed E-state index contributed by atoms with van der Waals surface area (Å²) in [6.07, 6.45) is 8.90. The molecular formula is C26H24N2O3. The first-order valence-electron chi connectivity index (χ1n) is 10.7. The number of hydrogen-bond acceptors (Lipinski definition) is 4. The Bertz CT molecular complexity index is 1160.